The molecule has 0 saturated carbocycles. The van der Waals surface area contributed by atoms with E-state index in [0.717, 1.165) is 11.3 Å². The van der Waals surface area contributed by atoms with Crippen molar-refractivity contribution < 1.29 is 9.59 Å². The molecule has 0 aliphatic carbocycles. The smallest absolute Gasteiger partial charge is 0.244 e. The van der Waals surface area contributed by atoms with E-state index in [2.05, 4.69) is 5.32 Å². The first-order chi connectivity index (χ1) is 8.15. The van der Waals surface area contributed by atoms with Gasteiger partial charge in [0.25, 0.3) is 0 Å². The van der Waals surface area contributed by atoms with Crippen LogP contribution in [0.15, 0.2) is 24.3 Å². The summed E-state index contributed by atoms with van der Waals surface area (Å²) in [6, 6.07) is 7.58. The fraction of sp³-hybridized carbons (Fsp3) is 0.333. The molecule has 17 heavy (non-hydrogen) atoms. The highest BCUT2D eigenvalue weighted by Crippen LogP contribution is 2.15. The zero-order valence-electron chi connectivity index (χ0n) is 9.60. The molecule has 0 radical (unpaired) electrons. The Morgan fingerprint density at radius 2 is 2.12 bits per heavy atom. The molecule has 2 rings (SSSR count). The molecule has 1 fully saturated rings. The van der Waals surface area contributed by atoms with Crippen LogP contribution in [0.2, 0.25) is 0 Å². The van der Waals surface area contributed by atoms with Gasteiger partial charge in [0.2, 0.25) is 11.8 Å². The molecule has 1 aliphatic heterocycles. The van der Waals surface area contributed by atoms with Crippen molar-refractivity contribution in [3.05, 3.63) is 29.8 Å². The molecule has 1 aliphatic rings. The fourth-order valence-corrected chi connectivity index (χ4v) is 2.46. The fourth-order valence-electron chi connectivity index (χ4n) is 1.55. The summed E-state index contributed by atoms with van der Waals surface area (Å²) in [6.07, 6.45) is 0. The maximum absolute atomic E-state index is 11.7. The molecule has 0 spiro atoms. The van der Waals surface area contributed by atoms with Crippen molar-refractivity contribution in [1.82, 2.24) is 4.90 Å². The number of aryl methyl sites for hydroxylation is 1. The number of anilines is 1. The predicted octanol–water partition coefficient (Wildman–Crippen LogP) is 1.47. The Morgan fingerprint density at radius 1 is 1.41 bits per heavy atom. The van der Waals surface area contributed by atoms with Gasteiger partial charge in [-0.15, -0.1) is 11.8 Å². The third kappa shape index (κ3) is 3.23. The highest BCUT2D eigenvalue weighted by Gasteiger charge is 2.22. The summed E-state index contributed by atoms with van der Waals surface area (Å²) in [4.78, 5) is 24.6. The number of benzene rings is 1. The average Bonchev–Trinajstić information content (AvgIpc) is 2.68. The van der Waals surface area contributed by atoms with E-state index in [9.17, 15) is 9.59 Å². The highest BCUT2D eigenvalue weighted by atomic mass is 32.2. The third-order valence-corrected chi connectivity index (χ3v) is 3.44. The molecule has 1 aromatic rings. The largest absolute Gasteiger partial charge is 0.325 e. The van der Waals surface area contributed by atoms with Crippen molar-refractivity contribution >= 4 is 29.3 Å². The van der Waals surface area contributed by atoms with Crippen LogP contribution in [-0.2, 0) is 9.59 Å². The summed E-state index contributed by atoms with van der Waals surface area (Å²) in [6.45, 7) is 2.13. The van der Waals surface area contributed by atoms with Gasteiger partial charge in [-0.05, 0) is 19.1 Å². The van der Waals surface area contributed by atoms with Crippen LogP contribution in [0, 0.1) is 6.92 Å². The normalized spacial score (nSPS) is 15.1. The van der Waals surface area contributed by atoms with Crippen LogP contribution in [-0.4, -0.2) is 34.9 Å². The quantitative estimate of drug-likeness (QED) is 0.883. The first kappa shape index (κ1) is 12.0. The van der Waals surface area contributed by atoms with Crippen molar-refractivity contribution in [3.8, 4) is 0 Å². The van der Waals surface area contributed by atoms with Gasteiger partial charge < -0.3 is 10.2 Å². The van der Waals surface area contributed by atoms with Crippen LogP contribution >= 0.6 is 11.8 Å². The Kier molecular flexibility index (Phi) is 3.68. The highest BCUT2D eigenvalue weighted by molar-refractivity contribution is 8.00. The van der Waals surface area contributed by atoms with E-state index in [1.54, 1.807) is 4.90 Å². The Morgan fingerprint density at radius 3 is 2.71 bits per heavy atom. The Labute approximate surface area is 104 Å². The van der Waals surface area contributed by atoms with Gasteiger partial charge in [-0.1, -0.05) is 17.7 Å². The summed E-state index contributed by atoms with van der Waals surface area (Å²) < 4.78 is 0. The number of nitrogens with zero attached hydrogens (tertiary/aromatic N) is 1. The van der Waals surface area contributed by atoms with Crippen LogP contribution in [0.5, 0.6) is 0 Å². The van der Waals surface area contributed by atoms with Crippen LogP contribution in [0.4, 0.5) is 5.69 Å². The van der Waals surface area contributed by atoms with Crippen molar-refractivity contribution in [3.63, 3.8) is 0 Å². The first-order valence-electron chi connectivity index (χ1n) is 5.37. The summed E-state index contributed by atoms with van der Waals surface area (Å²) in [5.74, 6) is 0.983. The maximum Gasteiger partial charge on any atom is 0.244 e. The molecule has 1 aromatic carbocycles. The minimum Gasteiger partial charge on any atom is -0.325 e. The van der Waals surface area contributed by atoms with E-state index >= 15 is 0 Å². The maximum atomic E-state index is 11.7. The minimum atomic E-state index is -0.148. The lowest BCUT2D eigenvalue weighted by atomic mass is 10.2. The lowest BCUT2D eigenvalue weighted by molar-refractivity contribution is -0.130. The van der Waals surface area contributed by atoms with E-state index < -0.39 is 0 Å². The molecular weight excluding hydrogens is 236 g/mol. The lowest BCUT2D eigenvalue weighted by Crippen LogP contribution is -2.34. The van der Waals surface area contributed by atoms with Crippen molar-refractivity contribution in [1.29, 1.82) is 0 Å². The minimum absolute atomic E-state index is 0.0362. The number of amides is 2. The van der Waals surface area contributed by atoms with Gasteiger partial charge in [0, 0.05) is 5.69 Å². The van der Waals surface area contributed by atoms with Gasteiger partial charge in [0.05, 0.1) is 11.6 Å². The van der Waals surface area contributed by atoms with E-state index in [1.165, 1.54) is 11.8 Å². The summed E-state index contributed by atoms with van der Waals surface area (Å²) in [7, 11) is 0. The first-order valence-corrected chi connectivity index (χ1v) is 6.52. The number of hydrogen-bond acceptors (Lipinski definition) is 3. The van der Waals surface area contributed by atoms with Crippen molar-refractivity contribution in [2.24, 2.45) is 0 Å². The van der Waals surface area contributed by atoms with Gasteiger partial charge in [-0.3, -0.25) is 9.59 Å². The third-order valence-electron chi connectivity index (χ3n) is 2.50. The lowest BCUT2D eigenvalue weighted by Gasteiger charge is -2.14. The van der Waals surface area contributed by atoms with Crippen molar-refractivity contribution in [2.75, 3.05) is 23.5 Å². The average molecular weight is 250 g/mol. The summed E-state index contributed by atoms with van der Waals surface area (Å²) in [5.41, 5.74) is 1.91. The zero-order chi connectivity index (χ0) is 12.3. The topological polar surface area (TPSA) is 49.4 Å². The Bertz CT molecular complexity index is 431. The van der Waals surface area contributed by atoms with Gasteiger partial charge in [0.15, 0.2) is 0 Å². The van der Waals surface area contributed by atoms with Crippen LogP contribution in [0.25, 0.3) is 0 Å². The second-order valence-corrected chi connectivity index (χ2v) is 4.94. The van der Waals surface area contributed by atoms with Gasteiger partial charge in [-0.25, -0.2) is 0 Å². The number of carbonyl (C=O) groups is 2. The molecule has 1 N–H and O–H groups in total. The zero-order valence-corrected chi connectivity index (χ0v) is 10.4. The number of rotatable bonds is 3. The number of thioether (sulfide) groups is 1. The molecule has 2 amide bonds. The van der Waals surface area contributed by atoms with Gasteiger partial charge in [-0.2, -0.15) is 0 Å². The number of nitrogens with one attached hydrogen (secondary N) is 1. The van der Waals surface area contributed by atoms with Crippen molar-refractivity contribution in [2.45, 2.75) is 6.92 Å². The van der Waals surface area contributed by atoms with E-state index in [4.69, 9.17) is 0 Å². The second-order valence-electron chi connectivity index (χ2n) is 3.98. The monoisotopic (exact) mass is 250 g/mol. The second kappa shape index (κ2) is 5.23. The SMILES string of the molecule is Cc1ccc(NC(=O)CN2CSCC2=O)cc1. The molecule has 0 atom stereocenters. The molecule has 0 bridgehead atoms. The number of carbonyl (C=O) groups excluding carboxylic acids is 2. The Hall–Kier alpha value is -1.49. The van der Waals surface area contributed by atoms with Crippen LogP contribution in [0.1, 0.15) is 5.56 Å². The molecular formula is C12H14N2O2S. The van der Waals surface area contributed by atoms with E-state index in [-0.39, 0.29) is 18.4 Å². The molecule has 90 valence electrons. The molecule has 5 heteroatoms. The molecule has 1 saturated heterocycles. The number of hydrogen-bond donors (Lipinski definition) is 1. The summed E-state index contributed by atoms with van der Waals surface area (Å²) >= 11 is 1.54. The summed E-state index contributed by atoms with van der Waals surface area (Å²) in [5, 5.41) is 2.77. The van der Waals surface area contributed by atoms with E-state index in [0.29, 0.717) is 11.6 Å². The molecule has 1 heterocycles. The molecule has 0 aromatic heterocycles. The van der Waals surface area contributed by atoms with Gasteiger partial charge >= 0.3 is 0 Å². The van der Waals surface area contributed by atoms with E-state index in [1.807, 2.05) is 31.2 Å². The standard InChI is InChI=1S/C12H14N2O2S/c1-9-2-4-10(5-3-9)13-11(15)6-14-8-17-7-12(14)16/h2-5H,6-8H2,1H3,(H,13,15). The predicted molar refractivity (Wildman–Crippen MR) is 68.8 cm³/mol. The molecule has 4 nitrogen and oxygen atoms in total. The van der Waals surface area contributed by atoms with Crippen LogP contribution in [0.3, 0.4) is 0 Å². The van der Waals surface area contributed by atoms with Gasteiger partial charge in [0.1, 0.15) is 6.54 Å². The van der Waals surface area contributed by atoms with Crippen LogP contribution < -0.4 is 5.32 Å². The Balaban J connectivity index is 1.88. The molecule has 0 unspecified atom stereocenters.